The van der Waals surface area contributed by atoms with Crippen molar-refractivity contribution in [3.8, 4) is 11.4 Å². The molecule has 0 spiro atoms. The average Bonchev–Trinajstić information content (AvgIpc) is 3.18. The minimum absolute atomic E-state index is 0.0915. The number of primary amides is 1. The maximum atomic E-state index is 14.0. The molecule has 11 heteroatoms. The van der Waals surface area contributed by atoms with E-state index in [0.717, 1.165) is 6.07 Å². The van der Waals surface area contributed by atoms with Gasteiger partial charge in [0.15, 0.2) is 0 Å². The van der Waals surface area contributed by atoms with E-state index in [2.05, 4.69) is 10.1 Å². The van der Waals surface area contributed by atoms with Gasteiger partial charge in [0.1, 0.15) is 17.5 Å². The topological polar surface area (TPSA) is 130 Å². The molecule has 1 amide bonds. The zero-order valence-corrected chi connectivity index (χ0v) is 18.5. The van der Waals surface area contributed by atoms with Crippen molar-refractivity contribution in [1.29, 1.82) is 0 Å². The van der Waals surface area contributed by atoms with Gasteiger partial charge in [0.05, 0.1) is 11.7 Å². The Morgan fingerprint density at radius 1 is 1.28 bits per heavy atom. The van der Waals surface area contributed by atoms with Crippen LogP contribution in [-0.2, 0) is 14.3 Å². The number of hydrogen-bond acceptors (Lipinski definition) is 9. The van der Waals surface area contributed by atoms with Gasteiger partial charge in [-0.15, -0.1) is 5.06 Å². The number of piperidine rings is 1. The number of rotatable bonds is 6. The number of halogens is 1. The first-order valence-electron chi connectivity index (χ1n) is 10.3. The Morgan fingerprint density at radius 2 is 1.97 bits per heavy atom. The highest BCUT2D eigenvalue weighted by Gasteiger charge is 2.28. The van der Waals surface area contributed by atoms with Gasteiger partial charge in [-0.1, -0.05) is 11.2 Å². The molecule has 0 saturated carbocycles. The average molecular weight is 450 g/mol. The van der Waals surface area contributed by atoms with Crippen molar-refractivity contribution in [3.05, 3.63) is 35.5 Å². The third-order valence-electron chi connectivity index (χ3n) is 4.67. The van der Waals surface area contributed by atoms with Crippen LogP contribution in [0.25, 0.3) is 11.4 Å². The van der Waals surface area contributed by atoms with E-state index in [9.17, 15) is 14.0 Å². The summed E-state index contributed by atoms with van der Waals surface area (Å²) < 4.78 is 30.4. The van der Waals surface area contributed by atoms with Crippen LogP contribution in [0.15, 0.2) is 22.7 Å². The van der Waals surface area contributed by atoms with Gasteiger partial charge in [-0.3, -0.25) is 4.79 Å². The highest BCUT2D eigenvalue weighted by Crippen LogP contribution is 2.26. The third-order valence-corrected chi connectivity index (χ3v) is 4.67. The fourth-order valence-corrected chi connectivity index (χ4v) is 3.15. The van der Waals surface area contributed by atoms with E-state index in [1.54, 1.807) is 32.8 Å². The zero-order chi connectivity index (χ0) is 23.5. The molecule has 0 bridgehead atoms. The van der Waals surface area contributed by atoms with Crippen molar-refractivity contribution in [1.82, 2.24) is 15.2 Å². The van der Waals surface area contributed by atoms with Crippen molar-refractivity contribution in [2.45, 2.75) is 58.3 Å². The smallest absolute Gasteiger partial charge is 0.427 e. The Hall–Kier alpha value is -3.05. The molecule has 0 radical (unpaired) electrons. The van der Waals surface area contributed by atoms with Gasteiger partial charge < -0.3 is 24.6 Å². The van der Waals surface area contributed by atoms with Crippen LogP contribution in [-0.4, -0.2) is 52.1 Å². The predicted octanol–water partition coefficient (Wildman–Crippen LogP) is 3.38. The van der Waals surface area contributed by atoms with E-state index in [-0.39, 0.29) is 23.4 Å². The van der Waals surface area contributed by atoms with E-state index in [1.165, 1.54) is 12.1 Å². The van der Waals surface area contributed by atoms with E-state index >= 15 is 0 Å². The lowest BCUT2D eigenvalue weighted by molar-refractivity contribution is -0.169. The number of hydroxylamine groups is 2. The Bertz CT molecular complexity index is 965. The molecule has 1 aromatic carbocycles. The van der Waals surface area contributed by atoms with Crippen LogP contribution < -0.4 is 5.73 Å². The van der Waals surface area contributed by atoms with Crippen LogP contribution in [0.2, 0.25) is 0 Å². The minimum Gasteiger partial charge on any atom is -0.427 e. The van der Waals surface area contributed by atoms with Crippen molar-refractivity contribution < 1.29 is 32.8 Å². The number of amides is 1. The summed E-state index contributed by atoms with van der Waals surface area (Å²) in [5.41, 5.74) is 4.63. The van der Waals surface area contributed by atoms with Crippen molar-refractivity contribution in [2.24, 2.45) is 5.73 Å². The maximum absolute atomic E-state index is 14.0. The highest BCUT2D eigenvalue weighted by molar-refractivity contribution is 5.93. The van der Waals surface area contributed by atoms with Gasteiger partial charge in [0, 0.05) is 18.7 Å². The zero-order valence-electron chi connectivity index (χ0n) is 18.5. The highest BCUT2D eigenvalue weighted by atomic mass is 19.1. The van der Waals surface area contributed by atoms with E-state index in [1.807, 2.05) is 0 Å². The summed E-state index contributed by atoms with van der Waals surface area (Å²) in [7, 11) is 0. The number of ether oxygens (including phenoxy) is 2. The second-order valence-electron chi connectivity index (χ2n) is 8.48. The first-order valence-corrected chi connectivity index (χ1v) is 10.3. The summed E-state index contributed by atoms with van der Waals surface area (Å²) in [6.45, 7) is 8.08. The molecule has 10 nitrogen and oxygen atoms in total. The first kappa shape index (κ1) is 23.6. The van der Waals surface area contributed by atoms with Crippen molar-refractivity contribution in [2.75, 3.05) is 13.1 Å². The largest absolute Gasteiger partial charge is 0.528 e. The van der Waals surface area contributed by atoms with E-state index < -0.39 is 29.6 Å². The fraction of sp³-hybridized carbons (Fsp3) is 0.524. The summed E-state index contributed by atoms with van der Waals surface area (Å²) in [6, 6.07) is 3.89. The molecule has 1 aliphatic heterocycles. The molecular formula is C21H27FN4O6. The number of carbonyl (C=O) groups is 2. The van der Waals surface area contributed by atoms with Crippen LogP contribution >= 0.6 is 0 Å². The molecule has 2 N–H and O–H groups in total. The van der Waals surface area contributed by atoms with Crippen molar-refractivity contribution in [3.63, 3.8) is 0 Å². The Morgan fingerprint density at radius 3 is 2.56 bits per heavy atom. The molecule has 32 heavy (non-hydrogen) atoms. The first-order chi connectivity index (χ1) is 15.0. The molecular weight excluding hydrogens is 423 g/mol. The standard InChI is InChI=1S/C21H27FN4O6/c1-12(29-14-7-9-26(10-8-14)32-20(28)30-21(2,3)4)19-24-18(25-31-19)13-5-6-15(17(23)27)16(22)11-13/h5-6,11-12,14H,7-10H2,1-4H3,(H2,23,27). The quantitative estimate of drug-likeness (QED) is 0.658. The molecule has 0 aliphatic carbocycles. The fourth-order valence-electron chi connectivity index (χ4n) is 3.15. The normalized spacial score (nSPS) is 16.5. The van der Waals surface area contributed by atoms with Crippen LogP contribution in [0.4, 0.5) is 9.18 Å². The number of aromatic nitrogens is 2. The molecule has 1 atom stereocenters. The van der Waals surface area contributed by atoms with Gasteiger partial charge in [-0.2, -0.15) is 4.98 Å². The molecule has 174 valence electrons. The Kier molecular flexibility index (Phi) is 7.09. The lowest BCUT2D eigenvalue weighted by Gasteiger charge is -2.31. The van der Waals surface area contributed by atoms with Gasteiger partial charge in [-0.05, 0) is 52.7 Å². The second kappa shape index (κ2) is 9.61. The van der Waals surface area contributed by atoms with E-state index in [4.69, 9.17) is 24.6 Å². The number of nitrogens with two attached hydrogens (primary N) is 1. The minimum atomic E-state index is -0.854. The third kappa shape index (κ3) is 6.24. The van der Waals surface area contributed by atoms with Crippen molar-refractivity contribution >= 4 is 12.1 Å². The number of nitrogens with zero attached hydrogens (tertiary/aromatic N) is 3. The molecule has 1 fully saturated rings. The summed E-state index contributed by atoms with van der Waals surface area (Å²) in [4.78, 5) is 32.4. The van der Waals surface area contributed by atoms with Gasteiger partial charge in [-0.25, -0.2) is 9.18 Å². The van der Waals surface area contributed by atoms with E-state index in [0.29, 0.717) is 31.5 Å². The molecule has 1 unspecified atom stereocenters. The van der Waals surface area contributed by atoms with Gasteiger partial charge >= 0.3 is 6.16 Å². The van der Waals surface area contributed by atoms with Crippen LogP contribution in [0, 0.1) is 5.82 Å². The number of carbonyl (C=O) groups excluding carboxylic acids is 2. The van der Waals surface area contributed by atoms with Gasteiger partial charge in [0.2, 0.25) is 5.82 Å². The van der Waals surface area contributed by atoms with Crippen LogP contribution in [0.1, 0.15) is 62.9 Å². The number of benzene rings is 1. The summed E-state index contributed by atoms with van der Waals surface area (Å²) in [5.74, 6) is -1.20. The Labute approximate surface area is 184 Å². The SMILES string of the molecule is CC(OC1CCN(OC(=O)OC(C)(C)C)CC1)c1nc(-c2ccc(C(N)=O)c(F)c2)no1. The second-order valence-corrected chi connectivity index (χ2v) is 8.48. The molecule has 1 aromatic heterocycles. The lowest BCUT2D eigenvalue weighted by Crippen LogP contribution is -2.40. The molecule has 3 rings (SSSR count). The maximum Gasteiger partial charge on any atom is 0.528 e. The lowest BCUT2D eigenvalue weighted by atomic mass is 10.1. The van der Waals surface area contributed by atoms with Gasteiger partial charge in [0.25, 0.3) is 11.8 Å². The number of hydrogen-bond donors (Lipinski definition) is 1. The molecule has 1 saturated heterocycles. The monoisotopic (exact) mass is 450 g/mol. The Balaban J connectivity index is 1.52. The summed E-state index contributed by atoms with van der Waals surface area (Å²) in [5, 5.41) is 5.41. The summed E-state index contributed by atoms with van der Waals surface area (Å²) >= 11 is 0. The summed E-state index contributed by atoms with van der Waals surface area (Å²) in [6.07, 6.45) is -0.0497. The van der Waals surface area contributed by atoms with Crippen LogP contribution in [0.5, 0.6) is 0 Å². The molecule has 2 aromatic rings. The molecule has 2 heterocycles. The predicted molar refractivity (Wildman–Crippen MR) is 110 cm³/mol. The van der Waals surface area contributed by atoms with Crippen LogP contribution in [0.3, 0.4) is 0 Å². The molecule has 1 aliphatic rings.